The van der Waals surface area contributed by atoms with E-state index in [-0.39, 0.29) is 11.2 Å². The monoisotopic (exact) mass is 462 g/mol. The summed E-state index contributed by atoms with van der Waals surface area (Å²) in [6.07, 6.45) is 0.762. The Bertz CT molecular complexity index is 1220. The van der Waals surface area contributed by atoms with Gasteiger partial charge in [0.1, 0.15) is 5.75 Å². The Kier molecular flexibility index (Phi) is 7.53. The van der Waals surface area contributed by atoms with E-state index in [0.717, 1.165) is 61.8 Å². The second-order valence-corrected chi connectivity index (χ2v) is 8.88. The van der Waals surface area contributed by atoms with Crippen LogP contribution in [0.4, 0.5) is 5.69 Å². The lowest BCUT2D eigenvalue weighted by molar-refractivity contribution is 0.248. The van der Waals surface area contributed by atoms with E-state index in [9.17, 15) is 9.59 Å². The molecule has 2 heterocycles. The Morgan fingerprint density at radius 3 is 2.21 bits per heavy atom. The van der Waals surface area contributed by atoms with Crippen molar-refractivity contribution < 1.29 is 4.74 Å². The van der Waals surface area contributed by atoms with Gasteiger partial charge in [-0.05, 0) is 44.5 Å². The Balaban J connectivity index is 1.39. The zero-order valence-corrected chi connectivity index (χ0v) is 20.4. The van der Waals surface area contributed by atoms with Crippen molar-refractivity contribution in [1.29, 1.82) is 0 Å². The molecule has 7 heteroatoms. The lowest BCUT2D eigenvalue weighted by Gasteiger charge is -2.36. The van der Waals surface area contributed by atoms with Gasteiger partial charge in [0.25, 0.3) is 5.56 Å². The Morgan fingerprint density at radius 2 is 1.50 bits per heavy atom. The number of benzene rings is 2. The first-order valence-electron chi connectivity index (χ1n) is 11.9. The van der Waals surface area contributed by atoms with Gasteiger partial charge in [0.05, 0.1) is 19.3 Å². The third-order valence-corrected chi connectivity index (χ3v) is 6.81. The van der Waals surface area contributed by atoms with Gasteiger partial charge in [-0.1, -0.05) is 42.5 Å². The smallest absolute Gasteiger partial charge is 0.331 e. The fourth-order valence-electron chi connectivity index (χ4n) is 4.64. The van der Waals surface area contributed by atoms with Gasteiger partial charge in [0, 0.05) is 44.0 Å². The van der Waals surface area contributed by atoms with E-state index < -0.39 is 0 Å². The number of anilines is 1. The second-order valence-electron chi connectivity index (χ2n) is 8.88. The quantitative estimate of drug-likeness (QED) is 0.515. The van der Waals surface area contributed by atoms with Crippen molar-refractivity contribution in [2.45, 2.75) is 33.4 Å². The van der Waals surface area contributed by atoms with Gasteiger partial charge in [0.15, 0.2) is 0 Å². The fourth-order valence-corrected chi connectivity index (χ4v) is 4.64. The summed E-state index contributed by atoms with van der Waals surface area (Å²) in [4.78, 5) is 30.8. The van der Waals surface area contributed by atoms with Crippen LogP contribution in [0.15, 0.2) is 64.2 Å². The summed E-state index contributed by atoms with van der Waals surface area (Å²) in [5.41, 5.74) is 3.16. The molecule has 34 heavy (non-hydrogen) atoms. The van der Waals surface area contributed by atoms with Crippen LogP contribution in [0.5, 0.6) is 5.75 Å². The molecular formula is C27H34N4O3. The summed E-state index contributed by atoms with van der Waals surface area (Å²) in [6.45, 7) is 9.16. The van der Waals surface area contributed by atoms with E-state index in [4.69, 9.17) is 4.74 Å². The number of hydrogen-bond acceptors (Lipinski definition) is 5. The molecule has 0 amide bonds. The maximum atomic E-state index is 13.2. The van der Waals surface area contributed by atoms with Crippen LogP contribution < -0.4 is 20.9 Å². The molecule has 0 spiro atoms. The lowest BCUT2D eigenvalue weighted by Crippen LogP contribution is -2.47. The van der Waals surface area contributed by atoms with Gasteiger partial charge >= 0.3 is 5.69 Å². The summed E-state index contributed by atoms with van der Waals surface area (Å²) in [7, 11) is 1.71. The molecule has 0 bridgehead atoms. The van der Waals surface area contributed by atoms with Crippen LogP contribution in [0.25, 0.3) is 0 Å². The third kappa shape index (κ3) is 5.09. The first kappa shape index (κ1) is 23.8. The number of rotatable bonds is 8. The van der Waals surface area contributed by atoms with Gasteiger partial charge < -0.3 is 9.64 Å². The van der Waals surface area contributed by atoms with Crippen molar-refractivity contribution in [2.24, 2.45) is 0 Å². The molecular weight excluding hydrogens is 428 g/mol. The Labute approximate surface area is 200 Å². The molecule has 0 radical (unpaired) electrons. The maximum Gasteiger partial charge on any atom is 0.331 e. The van der Waals surface area contributed by atoms with Gasteiger partial charge in [-0.25, -0.2) is 4.79 Å². The van der Waals surface area contributed by atoms with Crippen LogP contribution >= 0.6 is 0 Å². The molecule has 4 rings (SSSR count). The molecule has 7 nitrogen and oxygen atoms in total. The molecule has 180 valence electrons. The predicted octanol–water partition coefficient (Wildman–Crippen LogP) is 2.90. The van der Waals surface area contributed by atoms with E-state index in [1.54, 1.807) is 11.7 Å². The summed E-state index contributed by atoms with van der Waals surface area (Å²) in [6, 6.07) is 18.0. The molecule has 1 fully saturated rings. The van der Waals surface area contributed by atoms with Crippen molar-refractivity contribution in [3.05, 3.63) is 92.3 Å². The van der Waals surface area contributed by atoms with E-state index >= 15 is 0 Å². The first-order valence-corrected chi connectivity index (χ1v) is 11.9. The summed E-state index contributed by atoms with van der Waals surface area (Å²) >= 11 is 0. The number of piperazine rings is 1. The zero-order chi connectivity index (χ0) is 24.1. The summed E-state index contributed by atoms with van der Waals surface area (Å²) in [5, 5.41) is 0. The van der Waals surface area contributed by atoms with Crippen molar-refractivity contribution in [1.82, 2.24) is 14.0 Å². The number of methoxy groups -OCH3 is 1. The minimum absolute atomic E-state index is 0.173. The third-order valence-electron chi connectivity index (χ3n) is 6.81. The number of aromatic nitrogens is 2. The molecule has 0 saturated carbocycles. The highest BCUT2D eigenvalue weighted by Crippen LogP contribution is 2.28. The average molecular weight is 463 g/mol. The molecule has 0 N–H and O–H groups in total. The minimum atomic E-state index is -0.224. The topological polar surface area (TPSA) is 59.7 Å². The molecule has 1 saturated heterocycles. The molecule has 1 aromatic heterocycles. The normalized spacial score (nSPS) is 14.4. The maximum absolute atomic E-state index is 13.2. The van der Waals surface area contributed by atoms with Crippen LogP contribution in [0, 0.1) is 13.8 Å². The molecule has 0 aliphatic carbocycles. The largest absolute Gasteiger partial charge is 0.495 e. The summed E-state index contributed by atoms with van der Waals surface area (Å²) < 4.78 is 8.64. The number of hydrogen-bond donors (Lipinski definition) is 0. The van der Waals surface area contributed by atoms with Crippen LogP contribution in [0.2, 0.25) is 0 Å². The molecule has 0 unspecified atom stereocenters. The SMILES string of the molecule is COc1ccccc1N1CCN(CCCn2c(=O)c(C)c(C)n(Cc3ccccc3)c2=O)CC1. The van der Waals surface area contributed by atoms with Gasteiger partial charge in [-0.2, -0.15) is 0 Å². The predicted molar refractivity (Wildman–Crippen MR) is 136 cm³/mol. The van der Waals surface area contributed by atoms with Crippen LogP contribution in [-0.4, -0.2) is 53.9 Å². The minimum Gasteiger partial charge on any atom is -0.495 e. The summed E-state index contributed by atoms with van der Waals surface area (Å²) in [5.74, 6) is 0.900. The van der Waals surface area contributed by atoms with Crippen LogP contribution in [0.3, 0.4) is 0 Å². The Morgan fingerprint density at radius 1 is 0.824 bits per heavy atom. The van der Waals surface area contributed by atoms with Crippen molar-refractivity contribution in [3.8, 4) is 5.75 Å². The van der Waals surface area contributed by atoms with E-state index in [1.165, 1.54) is 4.57 Å². The standard InChI is InChI=1S/C27H34N4O3/c1-21-22(2)31(20-23-10-5-4-6-11-23)27(33)30(26(21)32)15-9-14-28-16-18-29(19-17-28)24-12-7-8-13-25(24)34-3/h4-8,10-13H,9,14-20H2,1-3H3. The van der Waals surface area contributed by atoms with Gasteiger partial charge in [-0.3, -0.25) is 18.8 Å². The molecule has 1 aliphatic heterocycles. The van der Waals surface area contributed by atoms with Gasteiger partial charge in [0.2, 0.25) is 0 Å². The molecule has 1 aliphatic rings. The van der Waals surface area contributed by atoms with Crippen LogP contribution in [-0.2, 0) is 13.1 Å². The highest BCUT2D eigenvalue weighted by Gasteiger charge is 2.20. The number of nitrogens with zero attached hydrogens (tertiary/aromatic N) is 4. The molecule has 2 aromatic carbocycles. The van der Waals surface area contributed by atoms with E-state index in [1.807, 2.05) is 62.4 Å². The average Bonchev–Trinajstić information content (AvgIpc) is 2.88. The highest BCUT2D eigenvalue weighted by atomic mass is 16.5. The van der Waals surface area contributed by atoms with E-state index in [2.05, 4.69) is 15.9 Å². The highest BCUT2D eigenvalue weighted by molar-refractivity contribution is 5.58. The Hall–Kier alpha value is -3.32. The van der Waals surface area contributed by atoms with E-state index in [0.29, 0.717) is 18.7 Å². The zero-order valence-electron chi connectivity index (χ0n) is 20.4. The fraction of sp³-hybridized carbons (Fsp3) is 0.407. The van der Waals surface area contributed by atoms with Gasteiger partial charge in [-0.15, -0.1) is 0 Å². The van der Waals surface area contributed by atoms with Crippen molar-refractivity contribution >= 4 is 5.69 Å². The molecule has 0 atom stereocenters. The lowest BCUT2D eigenvalue weighted by atomic mass is 10.2. The number of ether oxygens (including phenoxy) is 1. The second kappa shape index (κ2) is 10.7. The van der Waals surface area contributed by atoms with Crippen molar-refractivity contribution in [2.75, 3.05) is 44.7 Å². The van der Waals surface area contributed by atoms with Crippen molar-refractivity contribution in [3.63, 3.8) is 0 Å². The molecule has 3 aromatic rings. The first-order chi connectivity index (χ1) is 16.5. The number of para-hydroxylation sites is 2. The van der Waals surface area contributed by atoms with Crippen LogP contribution in [0.1, 0.15) is 23.2 Å².